The molecule has 0 atom stereocenters. The normalized spacial score (nSPS) is 14.9. The minimum absolute atomic E-state index is 0.183. The molecule has 5 rings (SSSR count). The Bertz CT molecular complexity index is 1470. The fourth-order valence-corrected chi connectivity index (χ4v) is 5.39. The highest BCUT2D eigenvalue weighted by Crippen LogP contribution is 2.39. The summed E-state index contributed by atoms with van der Waals surface area (Å²) in [5.74, 6) is 0.519. The lowest BCUT2D eigenvalue weighted by molar-refractivity contribution is -0.113. The number of carbonyl (C=O) groups excluding carboxylic acids is 1. The molecule has 0 unspecified atom stereocenters. The maximum Gasteiger partial charge on any atom is 0.270 e. The number of ether oxygens (including phenoxy) is 1. The number of hydrogen-bond acceptors (Lipinski definition) is 4. The van der Waals surface area contributed by atoms with Gasteiger partial charge in [0.15, 0.2) is 4.32 Å². The summed E-state index contributed by atoms with van der Waals surface area (Å²) < 4.78 is 7.37. The summed E-state index contributed by atoms with van der Waals surface area (Å²) >= 11 is 16.4. The van der Waals surface area contributed by atoms with Crippen LogP contribution in [0.25, 0.3) is 16.8 Å². The molecular formula is C27H17BrClNO2S2. The number of thiocarbonyl (C=S) groups is 1. The Morgan fingerprint density at radius 1 is 0.971 bits per heavy atom. The van der Waals surface area contributed by atoms with Crippen LogP contribution in [0.4, 0.5) is 5.69 Å². The lowest BCUT2D eigenvalue weighted by atomic mass is 10.1. The van der Waals surface area contributed by atoms with E-state index in [0.717, 1.165) is 15.6 Å². The van der Waals surface area contributed by atoms with E-state index in [1.165, 1.54) is 27.4 Å². The first kappa shape index (κ1) is 23.1. The number of thioether (sulfide) groups is 1. The molecule has 3 nitrogen and oxygen atoms in total. The molecule has 0 saturated carbocycles. The average Bonchev–Trinajstić information content (AvgIpc) is 3.12. The molecular weight excluding hydrogens is 550 g/mol. The van der Waals surface area contributed by atoms with Crippen LogP contribution in [-0.2, 0) is 11.4 Å². The largest absolute Gasteiger partial charge is 0.488 e. The lowest BCUT2D eigenvalue weighted by Crippen LogP contribution is -2.27. The van der Waals surface area contributed by atoms with E-state index in [0.29, 0.717) is 32.3 Å². The summed E-state index contributed by atoms with van der Waals surface area (Å²) in [6.45, 7) is 0.425. The quantitative estimate of drug-likeness (QED) is 0.180. The van der Waals surface area contributed by atoms with Gasteiger partial charge in [0.2, 0.25) is 0 Å². The van der Waals surface area contributed by atoms with Crippen molar-refractivity contribution in [1.29, 1.82) is 0 Å². The Morgan fingerprint density at radius 3 is 2.56 bits per heavy atom. The Labute approximate surface area is 220 Å². The maximum absolute atomic E-state index is 13.2. The molecule has 0 bridgehead atoms. The zero-order valence-electron chi connectivity index (χ0n) is 17.7. The van der Waals surface area contributed by atoms with Crippen LogP contribution in [0.2, 0.25) is 5.02 Å². The van der Waals surface area contributed by atoms with Gasteiger partial charge in [0.25, 0.3) is 5.91 Å². The van der Waals surface area contributed by atoms with Gasteiger partial charge in [-0.05, 0) is 68.7 Å². The molecule has 1 amide bonds. The van der Waals surface area contributed by atoms with E-state index in [1.807, 2.05) is 48.5 Å². The van der Waals surface area contributed by atoms with Gasteiger partial charge < -0.3 is 4.74 Å². The van der Waals surface area contributed by atoms with Crippen molar-refractivity contribution in [3.05, 3.63) is 110 Å². The number of hydrogen-bond donors (Lipinski definition) is 0. The van der Waals surface area contributed by atoms with E-state index in [2.05, 4.69) is 46.3 Å². The van der Waals surface area contributed by atoms with Crippen molar-refractivity contribution < 1.29 is 9.53 Å². The average molecular weight is 567 g/mol. The van der Waals surface area contributed by atoms with Gasteiger partial charge in [-0.1, -0.05) is 90.2 Å². The molecule has 4 aromatic carbocycles. The smallest absolute Gasteiger partial charge is 0.270 e. The number of rotatable bonds is 5. The Morgan fingerprint density at radius 2 is 1.74 bits per heavy atom. The van der Waals surface area contributed by atoms with Crippen molar-refractivity contribution >= 4 is 84.3 Å². The van der Waals surface area contributed by atoms with Crippen molar-refractivity contribution in [3.63, 3.8) is 0 Å². The predicted molar refractivity (Wildman–Crippen MR) is 150 cm³/mol. The fourth-order valence-electron chi connectivity index (χ4n) is 3.68. The molecule has 0 aliphatic carbocycles. The molecule has 1 fully saturated rings. The van der Waals surface area contributed by atoms with Gasteiger partial charge in [-0.3, -0.25) is 9.69 Å². The van der Waals surface area contributed by atoms with Crippen LogP contribution in [0.15, 0.2) is 94.3 Å². The first-order valence-corrected chi connectivity index (χ1v) is 12.8. The van der Waals surface area contributed by atoms with Gasteiger partial charge >= 0.3 is 0 Å². The molecule has 7 heteroatoms. The van der Waals surface area contributed by atoms with Gasteiger partial charge in [-0.15, -0.1) is 0 Å². The number of benzene rings is 4. The molecule has 1 aliphatic rings. The lowest BCUT2D eigenvalue weighted by Gasteiger charge is -2.15. The number of carbonyl (C=O) groups is 1. The Kier molecular flexibility index (Phi) is 6.75. The molecule has 168 valence electrons. The summed E-state index contributed by atoms with van der Waals surface area (Å²) in [4.78, 5) is 15.2. The SMILES string of the molecule is O=C1/C(=C/c2ccccc2OCc2ccc3ccccc3c2)SC(=S)N1c1ccc(Br)c(Cl)c1. The summed E-state index contributed by atoms with van der Waals surface area (Å²) in [6, 6.07) is 27.5. The summed E-state index contributed by atoms with van der Waals surface area (Å²) in [6.07, 6.45) is 1.83. The number of para-hydroxylation sites is 1. The van der Waals surface area contributed by atoms with Crippen LogP contribution in [-0.4, -0.2) is 10.2 Å². The zero-order valence-corrected chi connectivity index (χ0v) is 21.7. The number of amides is 1. The predicted octanol–water partition coefficient (Wildman–Crippen LogP) is 8.24. The Hall–Kier alpha value is -2.64. The van der Waals surface area contributed by atoms with E-state index in [-0.39, 0.29) is 5.91 Å². The van der Waals surface area contributed by atoms with Crippen LogP contribution >= 0.6 is 51.5 Å². The van der Waals surface area contributed by atoms with Gasteiger partial charge in [-0.2, -0.15) is 0 Å². The highest BCUT2D eigenvalue weighted by Gasteiger charge is 2.33. The van der Waals surface area contributed by atoms with Crippen LogP contribution in [0.5, 0.6) is 5.75 Å². The number of fused-ring (bicyclic) bond motifs is 1. The second-order valence-corrected chi connectivity index (χ2v) is 10.6. The topological polar surface area (TPSA) is 29.5 Å². The second kappa shape index (κ2) is 9.92. The minimum Gasteiger partial charge on any atom is -0.488 e. The first-order valence-electron chi connectivity index (χ1n) is 10.4. The molecule has 34 heavy (non-hydrogen) atoms. The molecule has 0 aromatic heterocycles. The minimum atomic E-state index is -0.183. The van der Waals surface area contributed by atoms with Gasteiger partial charge in [-0.25, -0.2) is 0 Å². The molecule has 1 saturated heterocycles. The highest BCUT2D eigenvalue weighted by atomic mass is 79.9. The molecule has 4 aromatic rings. The number of halogens is 2. The van der Waals surface area contributed by atoms with Gasteiger partial charge in [0, 0.05) is 10.0 Å². The molecule has 1 heterocycles. The molecule has 0 radical (unpaired) electrons. The monoisotopic (exact) mass is 565 g/mol. The van der Waals surface area contributed by atoms with Crippen molar-refractivity contribution in [2.24, 2.45) is 0 Å². The summed E-state index contributed by atoms with van der Waals surface area (Å²) in [5, 5.41) is 2.89. The van der Waals surface area contributed by atoms with Crippen molar-refractivity contribution in [2.45, 2.75) is 6.61 Å². The van der Waals surface area contributed by atoms with Crippen molar-refractivity contribution in [1.82, 2.24) is 0 Å². The van der Waals surface area contributed by atoms with Crippen LogP contribution in [0.3, 0.4) is 0 Å². The van der Waals surface area contributed by atoms with E-state index in [4.69, 9.17) is 28.6 Å². The fraction of sp³-hybridized carbons (Fsp3) is 0.0370. The third kappa shape index (κ3) is 4.77. The number of nitrogens with zero attached hydrogens (tertiary/aromatic N) is 1. The van der Waals surface area contributed by atoms with Gasteiger partial charge in [0.05, 0.1) is 15.6 Å². The second-order valence-electron chi connectivity index (χ2n) is 7.62. The highest BCUT2D eigenvalue weighted by molar-refractivity contribution is 9.10. The van der Waals surface area contributed by atoms with Crippen molar-refractivity contribution in [3.8, 4) is 5.75 Å². The van der Waals surface area contributed by atoms with Crippen molar-refractivity contribution in [2.75, 3.05) is 4.90 Å². The Balaban J connectivity index is 1.38. The maximum atomic E-state index is 13.2. The van der Waals surface area contributed by atoms with Crippen LogP contribution in [0.1, 0.15) is 11.1 Å². The molecule has 1 aliphatic heterocycles. The van der Waals surface area contributed by atoms with Crippen LogP contribution < -0.4 is 9.64 Å². The van der Waals surface area contributed by atoms with E-state index >= 15 is 0 Å². The standard InChI is InChI=1S/C27H17BrClNO2S2/c28-22-12-11-21(15-23(22)29)30-26(31)25(34-27(30)33)14-20-7-3-4-8-24(20)32-16-17-9-10-18-5-1-2-6-19(18)13-17/h1-15H,16H2/b25-14-. The third-order valence-corrected chi connectivity index (χ3v) is 7.90. The molecule has 0 spiro atoms. The van der Waals surface area contributed by atoms with E-state index in [9.17, 15) is 4.79 Å². The van der Waals surface area contributed by atoms with E-state index in [1.54, 1.807) is 12.1 Å². The zero-order chi connectivity index (χ0) is 23.7. The van der Waals surface area contributed by atoms with Gasteiger partial charge in [0.1, 0.15) is 12.4 Å². The van der Waals surface area contributed by atoms with Crippen LogP contribution in [0, 0.1) is 0 Å². The number of anilines is 1. The molecule has 0 N–H and O–H groups in total. The third-order valence-electron chi connectivity index (χ3n) is 5.37. The first-order chi connectivity index (χ1) is 16.5. The summed E-state index contributed by atoms with van der Waals surface area (Å²) in [5.41, 5.74) is 2.53. The summed E-state index contributed by atoms with van der Waals surface area (Å²) in [7, 11) is 0. The van der Waals surface area contributed by atoms with E-state index < -0.39 is 0 Å².